The molecule has 2 aliphatic carbocycles. The number of allylic oxidation sites excluding steroid dienone is 2. The highest BCUT2D eigenvalue weighted by Crippen LogP contribution is 2.49. The van der Waals surface area contributed by atoms with E-state index in [1.807, 2.05) is 13.0 Å². The molecule has 166 valence electrons. The largest absolute Gasteiger partial charge is 0.573 e. The summed E-state index contributed by atoms with van der Waals surface area (Å²) in [7, 11) is 0. The first-order valence-electron chi connectivity index (χ1n) is 10.4. The summed E-state index contributed by atoms with van der Waals surface area (Å²) in [4.78, 5) is 0. The van der Waals surface area contributed by atoms with E-state index >= 15 is 4.39 Å². The molecular weight excluding hydrogens is 418 g/mol. The summed E-state index contributed by atoms with van der Waals surface area (Å²) in [6, 6.07) is 3.77. The number of ether oxygens (including phenoxy) is 1. The van der Waals surface area contributed by atoms with Crippen LogP contribution in [0.15, 0.2) is 36.4 Å². The SMILES string of the molecule is C/C=C/[C@@H]1CC[C@@H]2c3cc(F)c(-c4ccc(OC(F)(F)F)c(F)c4)c(F)c3CC[C@@H]2C1. The Morgan fingerprint density at radius 2 is 1.77 bits per heavy atom. The maximum atomic E-state index is 15.4. The van der Waals surface area contributed by atoms with Gasteiger partial charge in [-0.3, -0.25) is 0 Å². The molecule has 0 saturated heterocycles. The van der Waals surface area contributed by atoms with Crippen LogP contribution >= 0.6 is 0 Å². The van der Waals surface area contributed by atoms with Crippen molar-refractivity contribution in [3.05, 3.63) is 65.0 Å². The van der Waals surface area contributed by atoms with Gasteiger partial charge in [0.1, 0.15) is 11.6 Å². The van der Waals surface area contributed by atoms with Crippen molar-refractivity contribution in [1.82, 2.24) is 0 Å². The Morgan fingerprint density at radius 3 is 2.45 bits per heavy atom. The highest BCUT2D eigenvalue weighted by Gasteiger charge is 2.37. The molecule has 0 N–H and O–H groups in total. The van der Waals surface area contributed by atoms with Gasteiger partial charge in [0.2, 0.25) is 0 Å². The zero-order valence-electron chi connectivity index (χ0n) is 16.9. The lowest BCUT2D eigenvalue weighted by atomic mass is 9.65. The number of fused-ring (bicyclic) bond motifs is 3. The summed E-state index contributed by atoms with van der Waals surface area (Å²) in [5.41, 5.74) is 0.519. The summed E-state index contributed by atoms with van der Waals surface area (Å²) in [6.07, 6.45) is 3.22. The first-order valence-corrected chi connectivity index (χ1v) is 10.4. The van der Waals surface area contributed by atoms with Gasteiger partial charge in [-0.05, 0) is 91.7 Å². The Bertz CT molecular complexity index is 1010. The van der Waals surface area contributed by atoms with Crippen LogP contribution < -0.4 is 4.74 Å². The number of benzene rings is 2. The number of rotatable bonds is 3. The van der Waals surface area contributed by atoms with Gasteiger partial charge in [0.25, 0.3) is 0 Å². The van der Waals surface area contributed by atoms with Crippen molar-refractivity contribution in [2.24, 2.45) is 11.8 Å². The van der Waals surface area contributed by atoms with E-state index in [2.05, 4.69) is 10.8 Å². The molecule has 0 unspecified atom stereocenters. The minimum absolute atomic E-state index is 0.0857. The first-order chi connectivity index (χ1) is 14.7. The van der Waals surface area contributed by atoms with Gasteiger partial charge in [-0.15, -0.1) is 13.2 Å². The lowest BCUT2D eigenvalue weighted by Crippen LogP contribution is -2.28. The van der Waals surface area contributed by atoms with E-state index in [0.717, 1.165) is 37.8 Å². The van der Waals surface area contributed by atoms with Crippen molar-refractivity contribution in [3.8, 4) is 16.9 Å². The molecule has 0 heterocycles. The molecule has 1 fully saturated rings. The van der Waals surface area contributed by atoms with Crippen LogP contribution in [0.3, 0.4) is 0 Å². The van der Waals surface area contributed by atoms with Crippen LogP contribution in [0, 0.1) is 29.3 Å². The van der Waals surface area contributed by atoms with Crippen LogP contribution in [0.1, 0.15) is 49.7 Å². The van der Waals surface area contributed by atoms with Crippen LogP contribution in [0.5, 0.6) is 5.75 Å². The molecule has 2 aromatic carbocycles. The van der Waals surface area contributed by atoms with Gasteiger partial charge in [-0.25, -0.2) is 13.2 Å². The highest BCUT2D eigenvalue weighted by atomic mass is 19.4. The molecule has 31 heavy (non-hydrogen) atoms. The second-order valence-corrected chi connectivity index (χ2v) is 8.31. The molecule has 0 spiro atoms. The number of halogens is 6. The summed E-state index contributed by atoms with van der Waals surface area (Å²) in [5.74, 6) is -3.04. The standard InChI is InChI=1S/C24H22F6O/c1-2-3-13-4-7-16-14(10-13)5-8-17-18(16)12-20(26)22(23(17)27)15-6-9-21(19(25)11-15)31-24(28,29)30/h2-3,6,9,11-14,16H,4-5,7-8,10H2,1H3/b3-2+/t13-,14-,16+/m1/s1. The third kappa shape index (κ3) is 4.32. The fraction of sp³-hybridized carbons (Fsp3) is 0.417. The number of alkyl halides is 3. The predicted molar refractivity (Wildman–Crippen MR) is 105 cm³/mol. The van der Waals surface area contributed by atoms with Crippen LogP contribution in [0.25, 0.3) is 11.1 Å². The molecule has 4 rings (SSSR count). The summed E-state index contributed by atoms with van der Waals surface area (Å²) in [5, 5.41) is 0. The zero-order chi connectivity index (χ0) is 22.3. The molecule has 7 heteroatoms. The Labute approximate surface area is 176 Å². The summed E-state index contributed by atoms with van der Waals surface area (Å²) < 4.78 is 85.1. The molecule has 0 aromatic heterocycles. The molecule has 2 aromatic rings. The van der Waals surface area contributed by atoms with Gasteiger partial charge in [-0.2, -0.15) is 0 Å². The van der Waals surface area contributed by atoms with Crippen molar-refractivity contribution < 1.29 is 31.1 Å². The van der Waals surface area contributed by atoms with Gasteiger partial charge in [0.05, 0.1) is 5.56 Å². The molecule has 0 bridgehead atoms. The van der Waals surface area contributed by atoms with E-state index in [1.54, 1.807) is 0 Å². The summed E-state index contributed by atoms with van der Waals surface area (Å²) >= 11 is 0. The number of hydrogen-bond acceptors (Lipinski definition) is 1. The van der Waals surface area contributed by atoms with E-state index in [4.69, 9.17) is 0 Å². The smallest absolute Gasteiger partial charge is 0.403 e. The Hall–Kier alpha value is -2.44. The number of hydrogen-bond donors (Lipinski definition) is 0. The predicted octanol–water partition coefficient (Wildman–Crippen LogP) is 7.69. The molecule has 1 nitrogen and oxygen atoms in total. The third-order valence-corrected chi connectivity index (χ3v) is 6.45. The fourth-order valence-electron chi connectivity index (χ4n) is 5.20. The van der Waals surface area contributed by atoms with Gasteiger partial charge in [0, 0.05) is 0 Å². The molecule has 1 saturated carbocycles. The maximum absolute atomic E-state index is 15.4. The van der Waals surface area contributed by atoms with Crippen LogP contribution in [0.2, 0.25) is 0 Å². The van der Waals surface area contributed by atoms with E-state index in [0.29, 0.717) is 35.4 Å². The quantitative estimate of drug-likeness (QED) is 0.351. The zero-order valence-corrected chi connectivity index (χ0v) is 16.9. The van der Waals surface area contributed by atoms with Crippen molar-refractivity contribution in [1.29, 1.82) is 0 Å². The van der Waals surface area contributed by atoms with Crippen molar-refractivity contribution in [2.45, 2.75) is 51.3 Å². The Morgan fingerprint density at radius 1 is 1.00 bits per heavy atom. The fourth-order valence-corrected chi connectivity index (χ4v) is 5.20. The van der Waals surface area contributed by atoms with E-state index in [1.165, 1.54) is 6.07 Å². The molecule has 0 aliphatic heterocycles. The van der Waals surface area contributed by atoms with Crippen LogP contribution in [0.4, 0.5) is 26.3 Å². The highest BCUT2D eigenvalue weighted by molar-refractivity contribution is 5.68. The normalized spacial score (nSPS) is 23.5. The maximum Gasteiger partial charge on any atom is 0.573 e. The molecule has 0 amide bonds. The van der Waals surface area contributed by atoms with Crippen molar-refractivity contribution in [3.63, 3.8) is 0 Å². The Kier molecular flexibility index (Phi) is 5.79. The topological polar surface area (TPSA) is 9.23 Å². The lowest BCUT2D eigenvalue weighted by Gasteiger charge is -2.40. The molecule has 3 atom stereocenters. The Balaban J connectivity index is 1.68. The van der Waals surface area contributed by atoms with E-state index < -0.39 is 35.1 Å². The van der Waals surface area contributed by atoms with Gasteiger partial charge in [-0.1, -0.05) is 18.2 Å². The van der Waals surface area contributed by atoms with Crippen LogP contribution in [-0.4, -0.2) is 6.36 Å². The average Bonchev–Trinajstić information content (AvgIpc) is 2.69. The van der Waals surface area contributed by atoms with Crippen LogP contribution in [-0.2, 0) is 6.42 Å². The second kappa shape index (κ2) is 8.24. The van der Waals surface area contributed by atoms with Crippen molar-refractivity contribution >= 4 is 0 Å². The molecule has 0 radical (unpaired) electrons. The van der Waals surface area contributed by atoms with Gasteiger partial charge in [0.15, 0.2) is 11.6 Å². The lowest BCUT2D eigenvalue weighted by molar-refractivity contribution is -0.275. The molecule has 2 aliphatic rings. The second-order valence-electron chi connectivity index (χ2n) is 8.31. The monoisotopic (exact) mass is 440 g/mol. The first kappa shape index (κ1) is 21.8. The summed E-state index contributed by atoms with van der Waals surface area (Å²) in [6.45, 7) is 1.99. The average molecular weight is 440 g/mol. The minimum atomic E-state index is -5.06. The van der Waals surface area contributed by atoms with Crippen molar-refractivity contribution in [2.75, 3.05) is 0 Å². The van der Waals surface area contributed by atoms with Gasteiger partial charge >= 0.3 is 6.36 Å². The third-order valence-electron chi connectivity index (χ3n) is 6.45. The minimum Gasteiger partial charge on any atom is -0.403 e. The van der Waals surface area contributed by atoms with E-state index in [-0.39, 0.29) is 11.5 Å². The van der Waals surface area contributed by atoms with E-state index in [9.17, 15) is 22.0 Å². The molecular formula is C24H22F6O. The van der Waals surface area contributed by atoms with Gasteiger partial charge < -0.3 is 4.74 Å².